The molecule has 3 atom stereocenters. The van der Waals surface area contributed by atoms with E-state index in [9.17, 15) is 5.26 Å². The lowest BCUT2D eigenvalue weighted by atomic mass is 9.98. The van der Waals surface area contributed by atoms with Gasteiger partial charge < -0.3 is 20.3 Å². The Hall–Kier alpha value is -3.28. The van der Waals surface area contributed by atoms with E-state index in [0.29, 0.717) is 24.3 Å². The van der Waals surface area contributed by atoms with Crippen molar-refractivity contribution >= 4 is 22.4 Å². The fourth-order valence-electron chi connectivity index (χ4n) is 4.86. The van der Waals surface area contributed by atoms with Gasteiger partial charge in [-0.3, -0.25) is 0 Å². The standard InChI is InChI=1S/C24H27N7O/c1-14-16(9-25)5-4-6-19(14)15(2)28-24-20-8-23(31-12-18-7-17(31)13-32-18)27-10-21(20)22(11-26-3)29-30-24/h4-6,8,10,15,17-18,26H,7,11-13H2,1-3H3,(H,28,30)/t15-,17-,18-/m1/s1. The molecule has 2 aromatic heterocycles. The number of hydrogen-bond donors (Lipinski definition) is 2. The Bertz CT molecular complexity index is 1200. The zero-order valence-electron chi connectivity index (χ0n) is 18.6. The monoisotopic (exact) mass is 429 g/mol. The van der Waals surface area contributed by atoms with Gasteiger partial charge in [0.15, 0.2) is 5.82 Å². The number of rotatable bonds is 6. The van der Waals surface area contributed by atoms with Crippen LogP contribution >= 0.6 is 0 Å². The molecule has 32 heavy (non-hydrogen) atoms. The molecule has 0 saturated carbocycles. The number of nitriles is 1. The van der Waals surface area contributed by atoms with Gasteiger partial charge in [0.1, 0.15) is 5.82 Å². The largest absolute Gasteiger partial charge is 0.374 e. The Morgan fingerprint density at radius 1 is 1.31 bits per heavy atom. The molecule has 0 radical (unpaired) electrons. The molecule has 8 heteroatoms. The first-order valence-electron chi connectivity index (χ1n) is 11.0. The molecule has 0 amide bonds. The van der Waals surface area contributed by atoms with E-state index < -0.39 is 0 Å². The number of fused-ring (bicyclic) bond motifs is 3. The minimum Gasteiger partial charge on any atom is -0.374 e. The van der Waals surface area contributed by atoms with Crippen LogP contribution in [0.5, 0.6) is 0 Å². The topological polar surface area (TPSA) is 99.0 Å². The number of ether oxygens (including phenoxy) is 1. The van der Waals surface area contributed by atoms with Crippen LogP contribution in [0.15, 0.2) is 30.5 Å². The van der Waals surface area contributed by atoms with Crippen molar-refractivity contribution in [2.45, 2.75) is 45.0 Å². The van der Waals surface area contributed by atoms with Gasteiger partial charge in [-0.25, -0.2) is 4.98 Å². The summed E-state index contributed by atoms with van der Waals surface area (Å²) in [6.45, 7) is 6.33. The highest BCUT2D eigenvalue weighted by atomic mass is 16.5. The van der Waals surface area contributed by atoms with Crippen molar-refractivity contribution in [3.63, 3.8) is 0 Å². The van der Waals surface area contributed by atoms with E-state index in [1.165, 1.54) is 0 Å². The number of anilines is 2. The minimum absolute atomic E-state index is 0.0382. The smallest absolute Gasteiger partial charge is 0.157 e. The molecule has 8 nitrogen and oxygen atoms in total. The number of benzene rings is 1. The summed E-state index contributed by atoms with van der Waals surface area (Å²) in [5.74, 6) is 1.67. The lowest BCUT2D eigenvalue weighted by Gasteiger charge is -2.28. The predicted octanol–water partition coefficient (Wildman–Crippen LogP) is 3.07. The van der Waals surface area contributed by atoms with Gasteiger partial charge in [-0.2, -0.15) is 10.4 Å². The quantitative estimate of drug-likeness (QED) is 0.617. The normalized spacial score (nSPS) is 20.5. The third-order valence-corrected chi connectivity index (χ3v) is 6.58. The van der Waals surface area contributed by atoms with E-state index in [2.05, 4.69) is 44.8 Å². The van der Waals surface area contributed by atoms with E-state index in [1.807, 2.05) is 38.4 Å². The maximum Gasteiger partial charge on any atom is 0.157 e. The van der Waals surface area contributed by atoms with Gasteiger partial charge in [0.05, 0.1) is 42.1 Å². The van der Waals surface area contributed by atoms with Crippen molar-refractivity contribution in [3.05, 3.63) is 52.8 Å². The van der Waals surface area contributed by atoms with E-state index in [0.717, 1.165) is 58.8 Å². The summed E-state index contributed by atoms with van der Waals surface area (Å²) >= 11 is 0. The van der Waals surface area contributed by atoms with Crippen molar-refractivity contribution in [1.29, 1.82) is 5.26 Å². The molecule has 2 aliphatic heterocycles. The highest BCUT2D eigenvalue weighted by molar-refractivity contribution is 5.94. The number of nitrogens with zero attached hydrogens (tertiary/aromatic N) is 5. The summed E-state index contributed by atoms with van der Waals surface area (Å²) in [4.78, 5) is 7.12. The van der Waals surface area contributed by atoms with Gasteiger partial charge in [0, 0.05) is 30.1 Å². The van der Waals surface area contributed by atoms with Gasteiger partial charge in [0.25, 0.3) is 0 Å². The molecule has 2 fully saturated rings. The summed E-state index contributed by atoms with van der Waals surface area (Å²) in [5, 5.41) is 27.1. The molecular formula is C24H27N7O. The van der Waals surface area contributed by atoms with Crippen LogP contribution in [0, 0.1) is 18.3 Å². The number of morpholine rings is 1. The second-order valence-electron chi connectivity index (χ2n) is 8.61. The van der Waals surface area contributed by atoms with Crippen molar-refractivity contribution in [2.24, 2.45) is 0 Å². The molecule has 3 aromatic rings. The fraction of sp³-hybridized carbons (Fsp3) is 0.417. The Morgan fingerprint density at radius 3 is 2.91 bits per heavy atom. The molecule has 0 aliphatic carbocycles. The fourth-order valence-corrected chi connectivity index (χ4v) is 4.86. The van der Waals surface area contributed by atoms with Crippen LogP contribution in [0.3, 0.4) is 0 Å². The molecule has 5 rings (SSSR count). The Balaban J connectivity index is 1.54. The molecule has 2 bridgehead atoms. The minimum atomic E-state index is -0.0382. The number of nitrogens with one attached hydrogen (secondary N) is 2. The van der Waals surface area contributed by atoms with Gasteiger partial charge in [-0.1, -0.05) is 12.1 Å². The second-order valence-corrected chi connectivity index (χ2v) is 8.61. The molecule has 4 heterocycles. The lowest BCUT2D eigenvalue weighted by Crippen LogP contribution is -2.37. The zero-order valence-corrected chi connectivity index (χ0v) is 18.6. The van der Waals surface area contributed by atoms with E-state index in [-0.39, 0.29) is 6.04 Å². The molecule has 164 valence electrons. The van der Waals surface area contributed by atoms with Crippen LogP contribution in [-0.2, 0) is 11.3 Å². The van der Waals surface area contributed by atoms with Crippen LogP contribution in [-0.4, -0.2) is 47.5 Å². The van der Waals surface area contributed by atoms with Crippen molar-refractivity contribution in [2.75, 3.05) is 30.4 Å². The number of pyridine rings is 1. The third kappa shape index (κ3) is 3.53. The first-order valence-corrected chi connectivity index (χ1v) is 11.0. The molecule has 1 aromatic carbocycles. The van der Waals surface area contributed by atoms with Crippen LogP contribution in [0.1, 0.15) is 41.8 Å². The number of aromatic nitrogens is 3. The molecule has 0 spiro atoms. The highest BCUT2D eigenvalue weighted by Crippen LogP contribution is 2.35. The van der Waals surface area contributed by atoms with Crippen molar-refractivity contribution in [1.82, 2.24) is 20.5 Å². The molecule has 2 aliphatic rings. The second kappa shape index (κ2) is 8.34. The van der Waals surface area contributed by atoms with Crippen LogP contribution in [0.2, 0.25) is 0 Å². The summed E-state index contributed by atoms with van der Waals surface area (Å²) in [7, 11) is 1.90. The molecule has 2 N–H and O–H groups in total. The highest BCUT2D eigenvalue weighted by Gasteiger charge is 2.39. The summed E-state index contributed by atoms with van der Waals surface area (Å²) in [6, 6.07) is 10.6. The molecule has 0 unspecified atom stereocenters. The van der Waals surface area contributed by atoms with Gasteiger partial charge in [-0.15, -0.1) is 5.10 Å². The van der Waals surface area contributed by atoms with Crippen LogP contribution < -0.4 is 15.5 Å². The Morgan fingerprint density at radius 2 is 2.19 bits per heavy atom. The Labute approximate surface area is 187 Å². The van der Waals surface area contributed by atoms with E-state index in [1.54, 1.807) is 0 Å². The molecular weight excluding hydrogens is 402 g/mol. The van der Waals surface area contributed by atoms with E-state index in [4.69, 9.17) is 9.72 Å². The Kier molecular flexibility index (Phi) is 5.37. The summed E-state index contributed by atoms with van der Waals surface area (Å²) in [6.07, 6.45) is 3.28. The van der Waals surface area contributed by atoms with Crippen LogP contribution in [0.4, 0.5) is 11.6 Å². The maximum atomic E-state index is 9.40. The summed E-state index contributed by atoms with van der Waals surface area (Å²) < 4.78 is 5.76. The third-order valence-electron chi connectivity index (χ3n) is 6.58. The van der Waals surface area contributed by atoms with E-state index >= 15 is 0 Å². The molecule has 2 saturated heterocycles. The van der Waals surface area contributed by atoms with Gasteiger partial charge in [0.2, 0.25) is 0 Å². The van der Waals surface area contributed by atoms with Crippen molar-refractivity contribution in [3.8, 4) is 6.07 Å². The first-order chi connectivity index (χ1) is 15.6. The SMILES string of the molecule is CNCc1nnc(N[C@H](C)c2cccc(C#N)c2C)c2cc(N3C[C@H]4C[C@@H]3CO4)ncc12. The number of hydrogen-bond acceptors (Lipinski definition) is 8. The average Bonchev–Trinajstić information content (AvgIpc) is 3.44. The maximum absolute atomic E-state index is 9.40. The average molecular weight is 430 g/mol. The van der Waals surface area contributed by atoms with Gasteiger partial charge in [-0.05, 0) is 50.6 Å². The predicted molar refractivity (Wildman–Crippen MR) is 124 cm³/mol. The van der Waals surface area contributed by atoms with Gasteiger partial charge >= 0.3 is 0 Å². The lowest BCUT2D eigenvalue weighted by molar-refractivity contribution is 0.0989. The summed E-state index contributed by atoms with van der Waals surface area (Å²) in [5.41, 5.74) is 3.61. The first kappa shape index (κ1) is 20.6. The zero-order chi connectivity index (χ0) is 22.2. The van der Waals surface area contributed by atoms with Crippen molar-refractivity contribution < 1.29 is 4.74 Å². The van der Waals surface area contributed by atoms with Crippen LogP contribution in [0.25, 0.3) is 10.8 Å².